The maximum Gasteiger partial charge on any atom is 0.223 e. The minimum atomic E-state index is 0.575. The first kappa shape index (κ1) is 11.0. The molecule has 0 saturated heterocycles. The number of thiophene rings is 1. The maximum absolute atomic E-state index is 5.41. The van der Waals surface area contributed by atoms with E-state index in [4.69, 9.17) is 5.73 Å². The third-order valence-corrected chi connectivity index (χ3v) is 3.10. The zero-order valence-electron chi connectivity index (χ0n) is 9.10. The van der Waals surface area contributed by atoms with Crippen molar-refractivity contribution >= 4 is 17.3 Å². The molecule has 0 amide bonds. The van der Waals surface area contributed by atoms with Gasteiger partial charge in [0.2, 0.25) is 5.95 Å². The van der Waals surface area contributed by atoms with Gasteiger partial charge in [-0.1, -0.05) is 0 Å². The van der Waals surface area contributed by atoms with Crippen molar-refractivity contribution in [2.75, 3.05) is 18.4 Å². The molecule has 0 unspecified atom stereocenters. The number of aryl methyl sites for hydroxylation is 1. The van der Waals surface area contributed by atoms with Crippen molar-refractivity contribution in [1.29, 1.82) is 0 Å². The van der Waals surface area contributed by atoms with Crippen molar-refractivity contribution in [2.24, 2.45) is 5.73 Å². The molecule has 0 saturated carbocycles. The molecule has 0 radical (unpaired) electrons. The van der Waals surface area contributed by atoms with Gasteiger partial charge in [0.25, 0.3) is 0 Å². The van der Waals surface area contributed by atoms with Crippen LogP contribution in [-0.2, 0) is 0 Å². The summed E-state index contributed by atoms with van der Waals surface area (Å²) in [6.45, 7) is 3.35. The van der Waals surface area contributed by atoms with Gasteiger partial charge in [0.15, 0.2) is 0 Å². The van der Waals surface area contributed by atoms with Crippen LogP contribution in [0.5, 0.6) is 0 Å². The third-order valence-electron chi connectivity index (χ3n) is 2.08. The standard InChI is InChI=1S/C11H14N4S/c1-8-2-3-10(16-8)9-4-6-13-11(15-9)14-7-5-12/h2-4,6H,5,7,12H2,1H3,(H,13,14,15). The van der Waals surface area contributed by atoms with Crippen LogP contribution < -0.4 is 11.1 Å². The van der Waals surface area contributed by atoms with E-state index in [0.717, 1.165) is 10.6 Å². The Morgan fingerprint density at radius 3 is 2.94 bits per heavy atom. The maximum atomic E-state index is 5.41. The van der Waals surface area contributed by atoms with Gasteiger partial charge in [-0.2, -0.15) is 0 Å². The number of nitrogens with one attached hydrogen (secondary N) is 1. The summed E-state index contributed by atoms with van der Waals surface area (Å²) in [5.74, 6) is 0.633. The van der Waals surface area contributed by atoms with Gasteiger partial charge in [-0.05, 0) is 25.1 Å². The lowest BCUT2D eigenvalue weighted by Gasteiger charge is -2.03. The predicted octanol–water partition coefficient (Wildman–Crippen LogP) is 1.88. The van der Waals surface area contributed by atoms with Gasteiger partial charge in [-0.3, -0.25) is 0 Å². The van der Waals surface area contributed by atoms with E-state index in [0.29, 0.717) is 19.0 Å². The summed E-state index contributed by atoms with van der Waals surface area (Å²) in [5.41, 5.74) is 6.36. The van der Waals surface area contributed by atoms with Crippen LogP contribution in [0.15, 0.2) is 24.4 Å². The molecule has 0 aromatic carbocycles. The molecule has 2 rings (SSSR count). The highest BCUT2D eigenvalue weighted by atomic mass is 32.1. The fraction of sp³-hybridized carbons (Fsp3) is 0.273. The minimum Gasteiger partial charge on any atom is -0.353 e. The van der Waals surface area contributed by atoms with Gasteiger partial charge < -0.3 is 11.1 Å². The van der Waals surface area contributed by atoms with Crippen LogP contribution in [0.1, 0.15) is 4.88 Å². The fourth-order valence-electron chi connectivity index (χ4n) is 1.34. The third kappa shape index (κ3) is 2.56. The van der Waals surface area contributed by atoms with Crippen LogP contribution in [-0.4, -0.2) is 23.1 Å². The molecule has 0 fully saturated rings. The second kappa shape index (κ2) is 5.05. The van der Waals surface area contributed by atoms with E-state index in [1.54, 1.807) is 17.5 Å². The molecule has 2 aromatic heterocycles. The lowest BCUT2D eigenvalue weighted by molar-refractivity contribution is 0.991. The Hall–Kier alpha value is -1.46. The number of aromatic nitrogens is 2. The summed E-state index contributed by atoms with van der Waals surface area (Å²) in [6.07, 6.45) is 1.76. The fourth-order valence-corrected chi connectivity index (χ4v) is 2.17. The van der Waals surface area contributed by atoms with Gasteiger partial charge >= 0.3 is 0 Å². The van der Waals surface area contributed by atoms with Crippen LogP contribution in [0.3, 0.4) is 0 Å². The van der Waals surface area contributed by atoms with E-state index in [1.165, 1.54) is 4.88 Å². The molecule has 0 bridgehead atoms. The van der Waals surface area contributed by atoms with E-state index < -0.39 is 0 Å². The zero-order chi connectivity index (χ0) is 11.4. The van der Waals surface area contributed by atoms with Crippen molar-refractivity contribution in [1.82, 2.24) is 9.97 Å². The summed E-state index contributed by atoms with van der Waals surface area (Å²) < 4.78 is 0. The number of nitrogens with two attached hydrogens (primary N) is 1. The normalized spacial score (nSPS) is 10.4. The Balaban J connectivity index is 2.22. The molecule has 0 spiro atoms. The van der Waals surface area contributed by atoms with Crippen molar-refractivity contribution in [3.63, 3.8) is 0 Å². The number of nitrogens with zero attached hydrogens (tertiary/aromatic N) is 2. The van der Waals surface area contributed by atoms with Gasteiger partial charge in [-0.15, -0.1) is 11.3 Å². The number of rotatable bonds is 4. The van der Waals surface area contributed by atoms with Gasteiger partial charge in [0, 0.05) is 24.2 Å². The van der Waals surface area contributed by atoms with Gasteiger partial charge in [0.1, 0.15) is 0 Å². The first-order valence-corrected chi connectivity index (χ1v) is 5.95. The Morgan fingerprint density at radius 1 is 1.38 bits per heavy atom. The quantitative estimate of drug-likeness (QED) is 0.848. The second-order valence-corrected chi connectivity index (χ2v) is 4.68. The van der Waals surface area contributed by atoms with Crippen LogP contribution in [0.4, 0.5) is 5.95 Å². The van der Waals surface area contributed by atoms with E-state index in [1.807, 2.05) is 6.07 Å². The summed E-state index contributed by atoms with van der Waals surface area (Å²) in [6, 6.07) is 6.09. The first-order chi connectivity index (χ1) is 7.79. The highest BCUT2D eigenvalue weighted by molar-refractivity contribution is 7.15. The Bertz CT molecular complexity index is 467. The van der Waals surface area contributed by atoms with Crippen molar-refractivity contribution < 1.29 is 0 Å². The second-order valence-electron chi connectivity index (χ2n) is 3.39. The van der Waals surface area contributed by atoms with Crippen molar-refractivity contribution in [3.05, 3.63) is 29.3 Å². The van der Waals surface area contributed by atoms with Gasteiger partial charge in [-0.25, -0.2) is 9.97 Å². The zero-order valence-corrected chi connectivity index (χ0v) is 9.92. The molecular weight excluding hydrogens is 220 g/mol. The molecule has 0 atom stereocenters. The Morgan fingerprint density at radius 2 is 2.25 bits per heavy atom. The minimum absolute atomic E-state index is 0.575. The molecule has 0 aliphatic carbocycles. The highest BCUT2D eigenvalue weighted by Crippen LogP contribution is 2.26. The monoisotopic (exact) mass is 234 g/mol. The molecule has 0 aliphatic heterocycles. The lowest BCUT2D eigenvalue weighted by Crippen LogP contribution is -2.14. The molecule has 2 heterocycles. The average Bonchev–Trinajstić information content (AvgIpc) is 2.74. The number of hydrogen-bond acceptors (Lipinski definition) is 5. The summed E-state index contributed by atoms with van der Waals surface area (Å²) >= 11 is 1.73. The van der Waals surface area contributed by atoms with Crippen LogP contribution in [0.25, 0.3) is 10.6 Å². The molecule has 5 heteroatoms. The topological polar surface area (TPSA) is 63.8 Å². The molecule has 4 nitrogen and oxygen atoms in total. The number of hydrogen-bond donors (Lipinski definition) is 2. The first-order valence-electron chi connectivity index (χ1n) is 5.13. The predicted molar refractivity (Wildman–Crippen MR) is 67.6 cm³/mol. The lowest BCUT2D eigenvalue weighted by atomic mass is 10.3. The van der Waals surface area contributed by atoms with Crippen LogP contribution in [0, 0.1) is 6.92 Å². The molecular formula is C11H14N4S. The average molecular weight is 234 g/mol. The van der Waals surface area contributed by atoms with Crippen molar-refractivity contribution in [2.45, 2.75) is 6.92 Å². The van der Waals surface area contributed by atoms with E-state index in [-0.39, 0.29) is 0 Å². The summed E-state index contributed by atoms with van der Waals surface area (Å²) in [4.78, 5) is 11.0. The molecule has 3 N–H and O–H groups in total. The number of anilines is 1. The SMILES string of the molecule is Cc1ccc(-c2ccnc(NCCN)n2)s1. The van der Waals surface area contributed by atoms with Gasteiger partial charge in [0.05, 0.1) is 10.6 Å². The largest absolute Gasteiger partial charge is 0.353 e. The summed E-state index contributed by atoms with van der Waals surface area (Å²) in [7, 11) is 0. The molecule has 2 aromatic rings. The Labute approximate surface area is 98.6 Å². The summed E-state index contributed by atoms with van der Waals surface area (Å²) in [5, 5.41) is 3.07. The van der Waals surface area contributed by atoms with E-state index in [2.05, 4.69) is 34.3 Å². The molecule has 84 valence electrons. The molecule has 16 heavy (non-hydrogen) atoms. The van der Waals surface area contributed by atoms with Crippen LogP contribution in [0.2, 0.25) is 0 Å². The van der Waals surface area contributed by atoms with E-state index in [9.17, 15) is 0 Å². The molecule has 0 aliphatic rings. The highest BCUT2D eigenvalue weighted by Gasteiger charge is 2.03. The Kier molecular flexibility index (Phi) is 3.48. The van der Waals surface area contributed by atoms with Crippen LogP contribution >= 0.6 is 11.3 Å². The van der Waals surface area contributed by atoms with E-state index >= 15 is 0 Å². The smallest absolute Gasteiger partial charge is 0.223 e. The van der Waals surface area contributed by atoms with Crippen molar-refractivity contribution in [3.8, 4) is 10.6 Å².